The first-order chi connectivity index (χ1) is 8.35. The smallest absolute Gasteiger partial charge is 0.161 e. The summed E-state index contributed by atoms with van der Waals surface area (Å²) in [5.74, 6) is 1.56. The van der Waals surface area contributed by atoms with E-state index in [0.717, 1.165) is 22.8 Å². The number of rotatable bonds is 5. The minimum Gasteiger partial charge on any atom is -0.490 e. The Balaban J connectivity index is 2.34. The molecule has 0 radical (unpaired) electrons. The molecule has 2 aromatic rings. The predicted molar refractivity (Wildman–Crippen MR) is 69.9 cm³/mol. The molecule has 0 atom stereocenters. The Bertz CT molecular complexity index is 468. The lowest BCUT2D eigenvalue weighted by atomic mass is 10.1. The van der Waals surface area contributed by atoms with E-state index >= 15 is 0 Å². The van der Waals surface area contributed by atoms with Crippen molar-refractivity contribution in [2.24, 2.45) is 0 Å². The Morgan fingerprint density at radius 3 is 2.53 bits per heavy atom. The molecule has 0 aliphatic heterocycles. The van der Waals surface area contributed by atoms with Gasteiger partial charge < -0.3 is 9.47 Å². The third-order valence-electron chi connectivity index (χ3n) is 2.27. The van der Waals surface area contributed by atoms with Crippen LogP contribution in [0, 0.1) is 0 Å². The average molecular weight is 249 g/mol. The molecule has 0 spiro atoms. The molecule has 1 heterocycles. The Kier molecular flexibility index (Phi) is 3.98. The van der Waals surface area contributed by atoms with Gasteiger partial charge in [0, 0.05) is 10.9 Å². The Morgan fingerprint density at radius 2 is 1.88 bits per heavy atom. The third kappa shape index (κ3) is 2.77. The fraction of sp³-hybridized carbons (Fsp3) is 0.308. The lowest BCUT2D eigenvalue weighted by Crippen LogP contribution is -1.98. The van der Waals surface area contributed by atoms with E-state index in [0.29, 0.717) is 13.2 Å². The van der Waals surface area contributed by atoms with E-state index in [2.05, 4.69) is 4.98 Å². The molecule has 1 aromatic heterocycles. The quantitative estimate of drug-likeness (QED) is 0.811. The van der Waals surface area contributed by atoms with Crippen molar-refractivity contribution in [1.82, 2.24) is 4.98 Å². The summed E-state index contributed by atoms with van der Waals surface area (Å²) in [6.45, 7) is 5.19. The second-order valence-electron chi connectivity index (χ2n) is 3.40. The highest BCUT2D eigenvalue weighted by Gasteiger charge is 2.08. The number of ether oxygens (including phenoxy) is 2. The number of benzene rings is 1. The minimum atomic E-state index is 0.626. The van der Waals surface area contributed by atoms with Gasteiger partial charge in [-0.3, -0.25) is 0 Å². The van der Waals surface area contributed by atoms with Crippen LogP contribution in [0.1, 0.15) is 13.8 Å². The van der Waals surface area contributed by atoms with Crippen molar-refractivity contribution in [2.75, 3.05) is 13.2 Å². The van der Waals surface area contributed by atoms with Crippen molar-refractivity contribution in [3.8, 4) is 22.8 Å². The van der Waals surface area contributed by atoms with Gasteiger partial charge in [-0.05, 0) is 32.0 Å². The predicted octanol–water partition coefficient (Wildman–Crippen LogP) is 3.61. The van der Waals surface area contributed by atoms with E-state index in [1.165, 1.54) is 0 Å². The number of thiazole rings is 1. The molecule has 0 unspecified atom stereocenters. The van der Waals surface area contributed by atoms with Crippen LogP contribution >= 0.6 is 11.3 Å². The van der Waals surface area contributed by atoms with Gasteiger partial charge in [0.1, 0.15) is 0 Å². The van der Waals surface area contributed by atoms with Crippen LogP contribution in [0.25, 0.3) is 11.3 Å². The first kappa shape index (κ1) is 11.9. The lowest BCUT2D eigenvalue weighted by molar-refractivity contribution is 0.288. The van der Waals surface area contributed by atoms with E-state index in [1.54, 1.807) is 11.3 Å². The Hall–Kier alpha value is -1.55. The lowest BCUT2D eigenvalue weighted by Gasteiger charge is -2.11. The monoisotopic (exact) mass is 249 g/mol. The van der Waals surface area contributed by atoms with Gasteiger partial charge in [0.05, 0.1) is 24.4 Å². The molecule has 0 N–H and O–H groups in total. The van der Waals surface area contributed by atoms with Crippen LogP contribution < -0.4 is 9.47 Å². The van der Waals surface area contributed by atoms with Gasteiger partial charge in [0.15, 0.2) is 11.5 Å². The highest BCUT2D eigenvalue weighted by Crippen LogP contribution is 2.32. The molecule has 0 aliphatic carbocycles. The Labute approximate surface area is 105 Å². The Morgan fingerprint density at radius 1 is 1.12 bits per heavy atom. The molecule has 0 bridgehead atoms. The summed E-state index contributed by atoms with van der Waals surface area (Å²) < 4.78 is 11.1. The molecule has 1 aromatic carbocycles. The average Bonchev–Trinajstić information content (AvgIpc) is 2.85. The molecule has 0 amide bonds. The maximum atomic E-state index is 5.58. The van der Waals surface area contributed by atoms with Crippen LogP contribution in [-0.2, 0) is 0 Å². The molecule has 4 heteroatoms. The van der Waals surface area contributed by atoms with Crippen LogP contribution in [0.15, 0.2) is 29.1 Å². The summed E-state index contributed by atoms with van der Waals surface area (Å²) in [7, 11) is 0. The first-order valence-electron chi connectivity index (χ1n) is 5.63. The van der Waals surface area contributed by atoms with E-state index in [-0.39, 0.29) is 0 Å². The molecular formula is C13H15NO2S. The highest BCUT2D eigenvalue weighted by atomic mass is 32.1. The van der Waals surface area contributed by atoms with E-state index in [9.17, 15) is 0 Å². The van der Waals surface area contributed by atoms with Gasteiger partial charge in [-0.25, -0.2) is 4.98 Å². The van der Waals surface area contributed by atoms with Crippen LogP contribution in [0.3, 0.4) is 0 Å². The van der Waals surface area contributed by atoms with Crippen LogP contribution in [0.4, 0.5) is 0 Å². The molecule has 0 fully saturated rings. The van der Waals surface area contributed by atoms with Crippen molar-refractivity contribution in [3.63, 3.8) is 0 Å². The van der Waals surface area contributed by atoms with Crippen LogP contribution in [-0.4, -0.2) is 18.2 Å². The van der Waals surface area contributed by atoms with Gasteiger partial charge in [-0.2, -0.15) is 0 Å². The molecule has 90 valence electrons. The zero-order chi connectivity index (χ0) is 12.1. The topological polar surface area (TPSA) is 31.4 Å². The maximum Gasteiger partial charge on any atom is 0.161 e. The highest BCUT2D eigenvalue weighted by molar-refractivity contribution is 7.07. The number of hydrogen-bond acceptors (Lipinski definition) is 4. The minimum absolute atomic E-state index is 0.626. The number of nitrogens with zero attached hydrogens (tertiary/aromatic N) is 1. The molecule has 0 saturated carbocycles. The summed E-state index contributed by atoms with van der Waals surface area (Å²) in [4.78, 5) is 4.29. The van der Waals surface area contributed by atoms with Crippen molar-refractivity contribution < 1.29 is 9.47 Å². The van der Waals surface area contributed by atoms with Gasteiger partial charge in [0.2, 0.25) is 0 Å². The zero-order valence-electron chi connectivity index (χ0n) is 9.97. The third-order valence-corrected chi connectivity index (χ3v) is 2.86. The van der Waals surface area contributed by atoms with Crippen molar-refractivity contribution >= 4 is 11.3 Å². The SMILES string of the molecule is CCOc1ccc(-c2cscn2)cc1OCC. The second-order valence-corrected chi connectivity index (χ2v) is 4.12. The van der Waals surface area contributed by atoms with E-state index < -0.39 is 0 Å². The van der Waals surface area contributed by atoms with Crippen molar-refractivity contribution in [2.45, 2.75) is 13.8 Å². The standard InChI is InChI=1S/C13H15NO2S/c1-3-15-12-6-5-10(7-13(12)16-4-2)11-8-17-9-14-11/h5-9H,3-4H2,1-2H3. The van der Waals surface area contributed by atoms with Crippen LogP contribution in [0.2, 0.25) is 0 Å². The molecule has 2 rings (SSSR count). The van der Waals surface area contributed by atoms with Crippen molar-refractivity contribution in [1.29, 1.82) is 0 Å². The summed E-state index contributed by atoms with van der Waals surface area (Å²) in [5.41, 5.74) is 3.85. The van der Waals surface area contributed by atoms with Gasteiger partial charge in [0.25, 0.3) is 0 Å². The maximum absolute atomic E-state index is 5.58. The largest absolute Gasteiger partial charge is 0.490 e. The first-order valence-corrected chi connectivity index (χ1v) is 6.57. The molecule has 3 nitrogen and oxygen atoms in total. The summed E-state index contributed by atoms with van der Waals surface area (Å²) in [5, 5.41) is 2.02. The summed E-state index contributed by atoms with van der Waals surface area (Å²) in [6, 6.07) is 5.91. The normalized spacial score (nSPS) is 10.2. The molecule has 0 aliphatic rings. The second kappa shape index (κ2) is 5.68. The molecule has 17 heavy (non-hydrogen) atoms. The van der Waals surface area contributed by atoms with Gasteiger partial charge in [-0.15, -0.1) is 11.3 Å². The fourth-order valence-electron chi connectivity index (χ4n) is 1.57. The fourth-order valence-corrected chi connectivity index (χ4v) is 2.13. The number of hydrogen-bond donors (Lipinski definition) is 0. The summed E-state index contributed by atoms with van der Waals surface area (Å²) >= 11 is 1.58. The van der Waals surface area contributed by atoms with E-state index in [4.69, 9.17) is 9.47 Å². The van der Waals surface area contributed by atoms with Crippen LogP contribution in [0.5, 0.6) is 11.5 Å². The zero-order valence-corrected chi connectivity index (χ0v) is 10.8. The van der Waals surface area contributed by atoms with Gasteiger partial charge >= 0.3 is 0 Å². The summed E-state index contributed by atoms with van der Waals surface area (Å²) in [6.07, 6.45) is 0. The van der Waals surface area contributed by atoms with E-state index in [1.807, 2.05) is 42.9 Å². The van der Waals surface area contributed by atoms with Crippen molar-refractivity contribution in [3.05, 3.63) is 29.1 Å². The van der Waals surface area contributed by atoms with Gasteiger partial charge in [-0.1, -0.05) is 0 Å². The number of aromatic nitrogens is 1. The molecular weight excluding hydrogens is 234 g/mol. The molecule has 0 saturated heterocycles.